The molecule has 0 bridgehead atoms. The van der Waals surface area contributed by atoms with Gasteiger partial charge in [-0.1, -0.05) is 22.9 Å². The number of fused-ring (bicyclic) bond motifs is 1. The number of rotatable bonds is 4. The van der Waals surface area contributed by atoms with Crippen molar-refractivity contribution in [1.82, 2.24) is 0 Å². The highest BCUT2D eigenvalue weighted by atomic mass is 35.5. The molecule has 2 atom stereocenters. The molecular weight excluding hydrogens is 368 g/mol. The lowest BCUT2D eigenvalue weighted by Crippen LogP contribution is -2.39. The van der Waals surface area contributed by atoms with Gasteiger partial charge in [-0.3, -0.25) is 9.59 Å². The highest BCUT2D eigenvalue weighted by Gasteiger charge is 2.55. The molecule has 2 aliphatic rings. The zero-order chi connectivity index (χ0) is 19.1. The number of hydrogen-bond acceptors (Lipinski definition) is 6. The minimum atomic E-state index is -0.857. The number of aryl methyl sites for hydroxylation is 1. The largest absolute Gasteiger partial charge is 0.494 e. The Morgan fingerprint density at radius 3 is 2.44 bits per heavy atom. The van der Waals surface area contributed by atoms with Gasteiger partial charge in [-0.15, -0.1) is 0 Å². The average Bonchev–Trinajstić information content (AvgIpc) is 3.19. The van der Waals surface area contributed by atoms with Crippen molar-refractivity contribution in [3.63, 3.8) is 0 Å². The molecule has 1 saturated heterocycles. The Balaban J connectivity index is 1.64. The molecule has 0 unspecified atom stereocenters. The number of carbonyl (C=O) groups excluding carboxylic acids is 2. The van der Waals surface area contributed by atoms with Crippen molar-refractivity contribution in [2.45, 2.75) is 25.9 Å². The van der Waals surface area contributed by atoms with Crippen LogP contribution in [0.15, 0.2) is 52.8 Å². The topological polar surface area (TPSA) is 74.6 Å². The number of amides is 2. The molecule has 2 aromatic carbocycles. The van der Waals surface area contributed by atoms with Gasteiger partial charge in [0, 0.05) is 5.02 Å². The van der Waals surface area contributed by atoms with Crippen molar-refractivity contribution >= 4 is 34.8 Å². The molecule has 4 rings (SSSR count). The van der Waals surface area contributed by atoms with E-state index in [1.807, 2.05) is 13.8 Å². The van der Waals surface area contributed by atoms with Crippen molar-refractivity contribution in [3.05, 3.63) is 53.1 Å². The van der Waals surface area contributed by atoms with Crippen LogP contribution in [0.4, 0.5) is 11.4 Å². The fraction of sp³-hybridized carbons (Fsp3) is 0.263. The second-order valence-electron chi connectivity index (χ2n) is 6.31. The van der Waals surface area contributed by atoms with Crippen LogP contribution in [-0.4, -0.2) is 30.5 Å². The number of hydrogen-bond donors (Lipinski definition) is 0. The minimum absolute atomic E-state index is 0.371. The first-order valence-corrected chi connectivity index (χ1v) is 8.96. The van der Waals surface area contributed by atoms with E-state index in [-0.39, 0.29) is 5.91 Å². The highest BCUT2D eigenvalue weighted by molar-refractivity contribution is 6.32. The molecule has 8 heteroatoms. The SMILES string of the molecule is CCOc1ccc(N2N=N[C@H]3C(=O)N(c4ccc(C)c(Cl)c4)C(=O)[C@H]32)cc1. The normalized spacial score (nSPS) is 21.1. The van der Waals surface area contributed by atoms with Crippen LogP contribution in [0, 0.1) is 6.92 Å². The van der Waals surface area contributed by atoms with E-state index >= 15 is 0 Å². The Kier molecular flexibility index (Phi) is 4.31. The number of ether oxygens (including phenoxy) is 1. The van der Waals surface area contributed by atoms with Crippen LogP contribution in [0.2, 0.25) is 5.02 Å². The van der Waals surface area contributed by atoms with Crippen molar-refractivity contribution < 1.29 is 14.3 Å². The van der Waals surface area contributed by atoms with Gasteiger partial charge >= 0.3 is 0 Å². The quantitative estimate of drug-likeness (QED) is 0.755. The standard InChI is InChI=1S/C19H17ClN4O3/c1-3-27-14-8-6-12(7-9-14)24-17-16(21-22-24)18(25)23(19(17)26)13-5-4-11(2)15(20)10-13/h4-10,16-17H,3H2,1-2H3/t16-,17+/m1/s1. The van der Waals surface area contributed by atoms with Crippen molar-refractivity contribution in [1.29, 1.82) is 0 Å². The summed E-state index contributed by atoms with van der Waals surface area (Å²) < 4.78 is 5.43. The van der Waals surface area contributed by atoms with E-state index in [0.29, 0.717) is 23.0 Å². The number of nitrogens with zero attached hydrogens (tertiary/aromatic N) is 4. The summed E-state index contributed by atoms with van der Waals surface area (Å²) in [6.45, 7) is 4.33. The van der Waals surface area contributed by atoms with Crippen molar-refractivity contribution in [2.24, 2.45) is 10.3 Å². The molecular formula is C19H17ClN4O3. The summed E-state index contributed by atoms with van der Waals surface area (Å²) in [6.07, 6.45) is 0. The van der Waals surface area contributed by atoms with Gasteiger partial charge in [0.25, 0.3) is 11.8 Å². The first kappa shape index (κ1) is 17.5. The molecule has 0 aromatic heterocycles. The fourth-order valence-corrected chi connectivity index (χ4v) is 3.39. The predicted octanol–water partition coefficient (Wildman–Crippen LogP) is 3.54. The number of anilines is 2. The molecule has 2 heterocycles. The second kappa shape index (κ2) is 6.66. The predicted molar refractivity (Wildman–Crippen MR) is 101 cm³/mol. The number of carbonyl (C=O) groups is 2. The Bertz CT molecular complexity index is 944. The summed E-state index contributed by atoms with van der Waals surface area (Å²) in [7, 11) is 0. The Morgan fingerprint density at radius 1 is 1.07 bits per heavy atom. The van der Waals surface area contributed by atoms with Crippen LogP contribution in [0.3, 0.4) is 0 Å². The number of imide groups is 1. The fourth-order valence-electron chi connectivity index (χ4n) is 3.21. The Labute approximate surface area is 161 Å². The number of benzene rings is 2. The molecule has 7 nitrogen and oxygen atoms in total. The summed E-state index contributed by atoms with van der Waals surface area (Å²) >= 11 is 6.16. The maximum Gasteiger partial charge on any atom is 0.263 e. The second-order valence-corrected chi connectivity index (χ2v) is 6.72. The monoisotopic (exact) mass is 384 g/mol. The zero-order valence-corrected chi connectivity index (χ0v) is 15.6. The maximum atomic E-state index is 13.0. The smallest absolute Gasteiger partial charge is 0.263 e. The highest BCUT2D eigenvalue weighted by Crippen LogP contribution is 2.36. The van der Waals surface area contributed by atoms with Gasteiger partial charge in [0.15, 0.2) is 12.1 Å². The van der Waals surface area contributed by atoms with E-state index < -0.39 is 18.0 Å². The summed E-state index contributed by atoms with van der Waals surface area (Å²) in [4.78, 5) is 26.9. The summed E-state index contributed by atoms with van der Waals surface area (Å²) in [5.74, 6) is -0.0513. The Hall–Kier alpha value is -2.93. The Morgan fingerprint density at radius 2 is 1.78 bits per heavy atom. The molecule has 0 radical (unpaired) electrons. The van der Waals surface area contributed by atoms with Crippen LogP contribution in [-0.2, 0) is 9.59 Å². The van der Waals surface area contributed by atoms with E-state index in [2.05, 4.69) is 10.3 Å². The summed E-state index contributed by atoms with van der Waals surface area (Å²) in [6, 6.07) is 10.6. The summed E-state index contributed by atoms with van der Waals surface area (Å²) in [5, 5.41) is 10.1. The summed E-state index contributed by atoms with van der Waals surface area (Å²) in [5.41, 5.74) is 1.98. The van der Waals surface area contributed by atoms with Gasteiger partial charge in [0.1, 0.15) is 5.75 Å². The molecule has 0 N–H and O–H groups in total. The van der Waals surface area contributed by atoms with Gasteiger partial charge in [-0.25, -0.2) is 9.91 Å². The average molecular weight is 385 g/mol. The molecule has 2 amide bonds. The van der Waals surface area contributed by atoms with E-state index in [4.69, 9.17) is 16.3 Å². The van der Waals surface area contributed by atoms with Gasteiger partial charge < -0.3 is 4.74 Å². The zero-order valence-electron chi connectivity index (χ0n) is 14.8. The van der Waals surface area contributed by atoms with Crippen LogP contribution in [0.25, 0.3) is 0 Å². The minimum Gasteiger partial charge on any atom is -0.494 e. The first-order valence-electron chi connectivity index (χ1n) is 8.58. The lowest BCUT2D eigenvalue weighted by molar-refractivity contribution is -0.121. The van der Waals surface area contributed by atoms with E-state index in [9.17, 15) is 9.59 Å². The van der Waals surface area contributed by atoms with E-state index in [1.54, 1.807) is 42.5 Å². The maximum absolute atomic E-state index is 13.0. The first-order chi connectivity index (χ1) is 13.0. The van der Waals surface area contributed by atoms with Crippen LogP contribution < -0.4 is 14.6 Å². The molecule has 2 aromatic rings. The van der Waals surface area contributed by atoms with Gasteiger partial charge in [-0.05, 0) is 55.8 Å². The van der Waals surface area contributed by atoms with Gasteiger partial charge in [-0.2, -0.15) is 5.11 Å². The van der Waals surface area contributed by atoms with Gasteiger partial charge in [0.05, 0.1) is 18.0 Å². The molecule has 0 aliphatic carbocycles. The molecule has 0 spiro atoms. The molecule has 0 saturated carbocycles. The van der Waals surface area contributed by atoms with Gasteiger partial charge in [0.2, 0.25) is 0 Å². The third-order valence-electron chi connectivity index (χ3n) is 4.61. The van der Waals surface area contributed by atoms with Crippen LogP contribution >= 0.6 is 11.6 Å². The third-order valence-corrected chi connectivity index (χ3v) is 5.01. The molecule has 27 heavy (non-hydrogen) atoms. The van der Waals surface area contributed by atoms with E-state index in [1.165, 1.54) is 5.01 Å². The lowest BCUT2D eigenvalue weighted by Gasteiger charge is -2.21. The van der Waals surface area contributed by atoms with Crippen LogP contribution in [0.5, 0.6) is 5.75 Å². The lowest BCUT2D eigenvalue weighted by atomic mass is 10.1. The van der Waals surface area contributed by atoms with E-state index in [0.717, 1.165) is 16.2 Å². The third kappa shape index (κ3) is 2.84. The van der Waals surface area contributed by atoms with Crippen molar-refractivity contribution in [3.8, 4) is 5.75 Å². The van der Waals surface area contributed by atoms with Crippen LogP contribution in [0.1, 0.15) is 12.5 Å². The molecule has 1 fully saturated rings. The van der Waals surface area contributed by atoms with Crippen molar-refractivity contribution in [2.75, 3.05) is 16.5 Å². The number of halogens is 1. The molecule has 2 aliphatic heterocycles. The molecule has 138 valence electrons.